The Kier molecular flexibility index (Phi) is 3.41. The van der Waals surface area contributed by atoms with Gasteiger partial charge in [0, 0.05) is 10.7 Å². The number of pyridine rings is 1. The lowest BCUT2D eigenvalue weighted by Gasteiger charge is -2.07. The van der Waals surface area contributed by atoms with Crippen LogP contribution >= 0.6 is 15.9 Å². The van der Waals surface area contributed by atoms with Gasteiger partial charge in [-0.15, -0.1) is 0 Å². The molecule has 4 heteroatoms. The molecule has 0 atom stereocenters. The molecular weight excluding hydrogens is 268 g/mol. The molecule has 0 aliphatic carbocycles. The second-order valence-electron chi connectivity index (χ2n) is 3.31. The fourth-order valence-electron chi connectivity index (χ4n) is 1.26. The standard InChI is InChI=1S/C12H11BrN2O/c13-10-5-3-9(4-6-10)8-16-12-11(14)2-1-7-15-12/h1-7H,8,14H2. The third kappa shape index (κ3) is 2.73. The highest BCUT2D eigenvalue weighted by molar-refractivity contribution is 9.10. The molecule has 1 heterocycles. The second kappa shape index (κ2) is 4.99. The van der Waals surface area contributed by atoms with Crippen LogP contribution in [-0.4, -0.2) is 4.98 Å². The molecule has 82 valence electrons. The first-order valence-electron chi connectivity index (χ1n) is 4.83. The van der Waals surface area contributed by atoms with Crippen molar-refractivity contribution < 1.29 is 4.74 Å². The number of halogens is 1. The van der Waals surface area contributed by atoms with Crippen LogP contribution < -0.4 is 10.5 Å². The Labute approximate surface area is 102 Å². The minimum Gasteiger partial charge on any atom is -0.471 e. The molecule has 2 aromatic rings. The van der Waals surface area contributed by atoms with E-state index in [2.05, 4.69) is 20.9 Å². The van der Waals surface area contributed by atoms with Crippen LogP contribution in [0.2, 0.25) is 0 Å². The molecule has 3 nitrogen and oxygen atoms in total. The van der Waals surface area contributed by atoms with E-state index in [1.807, 2.05) is 24.3 Å². The van der Waals surface area contributed by atoms with E-state index in [-0.39, 0.29) is 0 Å². The average molecular weight is 279 g/mol. The van der Waals surface area contributed by atoms with Gasteiger partial charge < -0.3 is 10.5 Å². The molecule has 1 aromatic carbocycles. The van der Waals surface area contributed by atoms with Crippen molar-refractivity contribution in [2.45, 2.75) is 6.61 Å². The van der Waals surface area contributed by atoms with Crippen molar-refractivity contribution in [2.75, 3.05) is 5.73 Å². The molecule has 0 unspecified atom stereocenters. The van der Waals surface area contributed by atoms with Crippen molar-refractivity contribution in [3.63, 3.8) is 0 Å². The summed E-state index contributed by atoms with van der Waals surface area (Å²) in [4.78, 5) is 4.05. The Morgan fingerprint density at radius 2 is 1.94 bits per heavy atom. The molecule has 0 saturated heterocycles. The highest BCUT2D eigenvalue weighted by Crippen LogP contribution is 2.18. The van der Waals surface area contributed by atoms with Gasteiger partial charge >= 0.3 is 0 Å². The lowest BCUT2D eigenvalue weighted by molar-refractivity contribution is 0.296. The molecule has 0 bridgehead atoms. The molecule has 1 aromatic heterocycles. The zero-order chi connectivity index (χ0) is 11.4. The quantitative estimate of drug-likeness (QED) is 0.939. The Bertz CT molecular complexity index is 471. The van der Waals surface area contributed by atoms with Crippen LogP contribution in [0.4, 0.5) is 5.69 Å². The fourth-order valence-corrected chi connectivity index (χ4v) is 1.52. The van der Waals surface area contributed by atoms with Gasteiger partial charge in [-0.05, 0) is 29.8 Å². The number of benzene rings is 1. The lowest BCUT2D eigenvalue weighted by Crippen LogP contribution is -2.00. The van der Waals surface area contributed by atoms with E-state index in [0.29, 0.717) is 18.2 Å². The van der Waals surface area contributed by atoms with Crippen molar-refractivity contribution >= 4 is 21.6 Å². The summed E-state index contributed by atoms with van der Waals surface area (Å²) in [7, 11) is 0. The van der Waals surface area contributed by atoms with E-state index in [1.54, 1.807) is 18.3 Å². The first kappa shape index (κ1) is 11.0. The summed E-state index contributed by atoms with van der Waals surface area (Å²) in [5.41, 5.74) is 7.35. The zero-order valence-electron chi connectivity index (χ0n) is 8.56. The number of rotatable bonds is 3. The number of aromatic nitrogens is 1. The number of nitrogens with two attached hydrogens (primary N) is 1. The minimum absolute atomic E-state index is 0.467. The summed E-state index contributed by atoms with van der Waals surface area (Å²) >= 11 is 3.38. The van der Waals surface area contributed by atoms with Gasteiger partial charge in [-0.2, -0.15) is 0 Å². The highest BCUT2D eigenvalue weighted by atomic mass is 79.9. The van der Waals surface area contributed by atoms with E-state index in [1.165, 1.54) is 0 Å². The second-order valence-corrected chi connectivity index (χ2v) is 4.23. The largest absolute Gasteiger partial charge is 0.471 e. The molecule has 0 aliphatic heterocycles. The fraction of sp³-hybridized carbons (Fsp3) is 0.0833. The minimum atomic E-state index is 0.467. The van der Waals surface area contributed by atoms with Gasteiger partial charge in [0.1, 0.15) is 6.61 Å². The van der Waals surface area contributed by atoms with Crippen LogP contribution in [0.5, 0.6) is 5.88 Å². The monoisotopic (exact) mass is 278 g/mol. The number of anilines is 1. The first-order chi connectivity index (χ1) is 7.75. The summed E-state index contributed by atoms with van der Waals surface area (Å²) in [6.45, 7) is 0.467. The molecule has 0 amide bonds. The predicted octanol–water partition coefficient (Wildman–Crippen LogP) is 3.01. The molecule has 0 saturated carbocycles. The lowest BCUT2D eigenvalue weighted by atomic mass is 10.2. The van der Waals surface area contributed by atoms with E-state index in [0.717, 1.165) is 10.0 Å². The molecule has 2 rings (SSSR count). The Morgan fingerprint density at radius 1 is 1.19 bits per heavy atom. The normalized spacial score (nSPS) is 10.1. The number of hydrogen-bond donors (Lipinski definition) is 1. The van der Waals surface area contributed by atoms with Crippen molar-refractivity contribution in [3.05, 3.63) is 52.6 Å². The number of nitrogens with zero attached hydrogens (tertiary/aromatic N) is 1. The van der Waals surface area contributed by atoms with Crippen molar-refractivity contribution in [1.82, 2.24) is 4.98 Å². The van der Waals surface area contributed by atoms with Crippen LogP contribution in [0.25, 0.3) is 0 Å². The predicted molar refractivity (Wildman–Crippen MR) is 67.1 cm³/mol. The van der Waals surface area contributed by atoms with E-state index >= 15 is 0 Å². The van der Waals surface area contributed by atoms with Crippen LogP contribution in [0.15, 0.2) is 47.1 Å². The van der Waals surface area contributed by atoms with Gasteiger partial charge in [-0.3, -0.25) is 0 Å². The van der Waals surface area contributed by atoms with Crippen molar-refractivity contribution in [3.8, 4) is 5.88 Å². The smallest absolute Gasteiger partial charge is 0.237 e. The third-order valence-electron chi connectivity index (χ3n) is 2.09. The SMILES string of the molecule is Nc1cccnc1OCc1ccc(Br)cc1. The van der Waals surface area contributed by atoms with Crippen LogP contribution in [0.1, 0.15) is 5.56 Å². The van der Waals surface area contributed by atoms with Gasteiger partial charge in [-0.25, -0.2) is 4.98 Å². The molecule has 0 radical (unpaired) electrons. The van der Waals surface area contributed by atoms with Gasteiger partial charge in [0.25, 0.3) is 0 Å². The summed E-state index contributed by atoms with van der Waals surface area (Å²) in [5, 5.41) is 0. The first-order valence-corrected chi connectivity index (χ1v) is 5.63. The zero-order valence-corrected chi connectivity index (χ0v) is 10.1. The van der Waals surface area contributed by atoms with Crippen LogP contribution in [0.3, 0.4) is 0 Å². The van der Waals surface area contributed by atoms with Crippen LogP contribution in [-0.2, 0) is 6.61 Å². The summed E-state index contributed by atoms with van der Waals surface area (Å²) in [6.07, 6.45) is 1.66. The molecular formula is C12H11BrN2O. The molecule has 0 spiro atoms. The maximum absolute atomic E-state index is 5.71. The van der Waals surface area contributed by atoms with Gasteiger partial charge in [0.05, 0.1) is 5.69 Å². The molecule has 2 N–H and O–H groups in total. The maximum atomic E-state index is 5.71. The number of nitrogen functional groups attached to an aromatic ring is 1. The number of ether oxygens (including phenoxy) is 1. The molecule has 0 aliphatic rings. The van der Waals surface area contributed by atoms with Gasteiger partial charge in [-0.1, -0.05) is 28.1 Å². The van der Waals surface area contributed by atoms with E-state index < -0.39 is 0 Å². The summed E-state index contributed by atoms with van der Waals surface area (Å²) < 4.78 is 6.56. The Hall–Kier alpha value is -1.55. The van der Waals surface area contributed by atoms with Gasteiger partial charge in [0.2, 0.25) is 5.88 Å². The summed E-state index contributed by atoms with van der Waals surface area (Å²) in [5.74, 6) is 0.477. The highest BCUT2D eigenvalue weighted by Gasteiger charge is 2.00. The van der Waals surface area contributed by atoms with Crippen molar-refractivity contribution in [2.24, 2.45) is 0 Å². The number of hydrogen-bond acceptors (Lipinski definition) is 3. The van der Waals surface area contributed by atoms with Crippen molar-refractivity contribution in [1.29, 1.82) is 0 Å². The van der Waals surface area contributed by atoms with Crippen LogP contribution in [0, 0.1) is 0 Å². The Balaban J connectivity index is 2.02. The third-order valence-corrected chi connectivity index (χ3v) is 2.62. The maximum Gasteiger partial charge on any atom is 0.237 e. The summed E-state index contributed by atoms with van der Waals surface area (Å²) in [6, 6.07) is 11.5. The Morgan fingerprint density at radius 3 is 2.62 bits per heavy atom. The topological polar surface area (TPSA) is 48.1 Å². The molecule has 16 heavy (non-hydrogen) atoms. The molecule has 0 fully saturated rings. The van der Waals surface area contributed by atoms with Gasteiger partial charge in [0.15, 0.2) is 0 Å². The van der Waals surface area contributed by atoms with E-state index in [9.17, 15) is 0 Å². The van der Waals surface area contributed by atoms with E-state index in [4.69, 9.17) is 10.5 Å². The average Bonchev–Trinajstić information content (AvgIpc) is 2.30.